The third-order valence-electron chi connectivity index (χ3n) is 3.44. The Morgan fingerprint density at radius 2 is 2.05 bits per heavy atom. The van der Waals surface area contributed by atoms with E-state index in [1.54, 1.807) is 30.3 Å². The van der Waals surface area contributed by atoms with Crippen LogP contribution in [0.3, 0.4) is 0 Å². The van der Waals surface area contributed by atoms with Crippen molar-refractivity contribution in [3.05, 3.63) is 53.8 Å². The van der Waals surface area contributed by atoms with Gasteiger partial charge in [-0.2, -0.15) is 5.26 Å². The SMILES string of the molecule is CCCn1c(-c2ccccc2F)nc2cc(C#N)ccc21. The highest BCUT2D eigenvalue weighted by Gasteiger charge is 2.15. The average Bonchev–Trinajstić information content (AvgIpc) is 2.86. The Morgan fingerprint density at radius 1 is 1.24 bits per heavy atom. The van der Waals surface area contributed by atoms with Gasteiger partial charge in [-0.05, 0) is 36.8 Å². The largest absolute Gasteiger partial charge is 0.324 e. The zero-order chi connectivity index (χ0) is 14.8. The lowest BCUT2D eigenvalue weighted by Gasteiger charge is -2.08. The third kappa shape index (κ3) is 2.27. The van der Waals surface area contributed by atoms with Gasteiger partial charge in [-0.3, -0.25) is 0 Å². The van der Waals surface area contributed by atoms with Crippen LogP contribution in [0.25, 0.3) is 22.4 Å². The number of rotatable bonds is 3. The van der Waals surface area contributed by atoms with E-state index in [9.17, 15) is 4.39 Å². The predicted octanol–water partition coefficient (Wildman–Crippen LogP) is 4.12. The molecular weight excluding hydrogens is 265 g/mol. The summed E-state index contributed by atoms with van der Waals surface area (Å²) in [7, 11) is 0. The molecule has 0 fully saturated rings. The smallest absolute Gasteiger partial charge is 0.144 e. The summed E-state index contributed by atoms with van der Waals surface area (Å²) in [5, 5.41) is 8.99. The zero-order valence-corrected chi connectivity index (χ0v) is 11.7. The van der Waals surface area contributed by atoms with E-state index in [0.29, 0.717) is 17.0 Å². The predicted molar refractivity (Wildman–Crippen MR) is 80.1 cm³/mol. The van der Waals surface area contributed by atoms with Crippen molar-refractivity contribution in [3.8, 4) is 17.5 Å². The summed E-state index contributed by atoms with van der Waals surface area (Å²) in [5.41, 5.74) is 2.69. The molecule has 1 aromatic heterocycles. The van der Waals surface area contributed by atoms with Gasteiger partial charge in [0.25, 0.3) is 0 Å². The van der Waals surface area contributed by atoms with Gasteiger partial charge in [0.05, 0.1) is 28.2 Å². The van der Waals surface area contributed by atoms with Gasteiger partial charge in [0.1, 0.15) is 11.6 Å². The van der Waals surface area contributed by atoms with Crippen LogP contribution in [0, 0.1) is 17.1 Å². The quantitative estimate of drug-likeness (QED) is 0.723. The maximum absolute atomic E-state index is 14.1. The van der Waals surface area contributed by atoms with Gasteiger partial charge >= 0.3 is 0 Å². The highest BCUT2D eigenvalue weighted by atomic mass is 19.1. The van der Waals surface area contributed by atoms with E-state index >= 15 is 0 Å². The molecule has 3 rings (SSSR count). The Balaban J connectivity index is 2.29. The number of aryl methyl sites for hydroxylation is 1. The van der Waals surface area contributed by atoms with Crippen molar-refractivity contribution in [1.29, 1.82) is 5.26 Å². The van der Waals surface area contributed by atoms with Crippen molar-refractivity contribution < 1.29 is 4.39 Å². The molecule has 0 aliphatic carbocycles. The van der Waals surface area contributed by atoms with Gasteiger partial charge in [-0.25, -0.2) is 9.37 Å². The third-order valence-corrected chi connectivity index (χ3v) is 3.44. The molecule has 2 aromatic carbocycles. The van der Waals surface area contributed by atoms with E-state index in [4.69, 9.17) is 5.26 Å². The summed E-state index contributed by atoms with van der Waals surface area (Å²) < 4.78 is 16.1. The fourth-order valence-corrected chi connectivity index (χ4v) is 2.50. The molecule has 0 aliphatic heterocycles. The molecule has 1 heterocycles. The van der Waals surface area contributed by atoms with Crippen LogP contribution in [0.2, 0.25) is 0 Å². The number of halogens is 1. The number of nitriles is 1. The topological polar surface area (TPSA) is 41.6 Å². The molecule has 0 saturated heterocycles. The minimum Gasteiger partial charge on any atom is -0.324 e. The summed E-state index contributed by atoms with van der Waals surface area (Å²) in [4.78, 5) is 4.54. The number of imidazole rings is 1. The molecule has 0 saturated carbocycles. The molecule has 21 heavy (non-hydrogen) atoms. The van der Waals surface area contributed by atoms with Gasteiger partial charge in [-0.15, -0.1) is 0 Å². The van der Waals surface area contributed by atoms with Crippen LogP contribution in [0.4, 0.5) is 4.39 Å². The van der Waals surface area contributed by atoms with Crippen LogP contribution in [0.5, 0.6) is 0 Å². The fourth-order valence-electron chi connectivity index (χ4n) is 2.50. The highest BCUT2D eigenvalue weighted by molar-refractivity contribution is 5.82. The lowest BCUT2D eigenvalue weighted by Crippen LogP contribution is -2.00. The van der Waals surface area contributed by atoms with Crippen molar-refractivity contribution in [2.24, 2.45) is 0 Å². The van der Waals surface area contributed by atoms with E-state index in [2.05, 4.69) is 18.0 Å². The summed E-state index contributed by atoms with van der Waals surface area (Å²) in [6, 6.07) is 14.1. The van der Waals surface area contributed by atoms with Crippen molar-refractivity contribution >= 4 is 11.0 Å². The second-order valence-corrected chi connectivity index (χ2v) is 4.88. The van der Waals surface area contributed by atoms with E-state index < -0.39 is 0 Å². The van der Waals surface area contributed by atoms with Crippen LogP contribution in [-0.4, -0.2) is 9.55 Å². The fraction of sp³-hybridized carbons (Fsp3) is 0.176. The minimum atomic E-state index is -0.286. The first-order chi connectivity index (χ1) is 10.2. The van der Waals surface area contributed by atoms with Gasteiger partial charge in [-0.1, -0.05) is 19.1 Å². The first-order valence-electron chi connectivity index (χ1n) is 6.90. The highest BCUT2D eigenvalue weighted by Crippen LogP contribution is 2.27. The molecule has 3 aromatic rings. The van der Waals surface area contributed by atoms with Gasteiger partial charge in [0.15, 0.2) is 0 Å². The second kappa shape index (κ2) is 5.37. The molecule has 0 bridgehead atoms. The van der Waals surface area contributed by atoms with Crippen molar-refractivity contribution in [2.45, 2.75) is 19.9 Å². The lowest BCUT2D eigenvalue weighted by atomic mass is 10.2. The Morgan fingerprint density at radius 3 is 2.76 bits per heavy atom. The van der Waals surface area contributed by atoms with Crippen LogP contribution in [-0.2, 0) is 6.54 Å². The van der Waals surface area contributed by atoms with Crippen molar-refractivity contribution in [2.75, 3.05) is 0 Å². The van der Waals surface area contributed by atoms with Crippen LogP contribution >= 0.6 is 0 Å². The van der Waals surface area contributed by atoms with Gasteiger partial charge in [0, 0.05) is 6.54 Å². The molecule has 4 heteroatoms. The van der Waals surface area contributed by atoms with Crippen molar-refractivity contribution in [3.63, 3.8) is 0 Å². The molecule has 0 amide bonds. The number of fused-ring (bicyclic) bond motifs is 1. The summed E-state index contributed by atoms with van der Waals surface area (Å²) >= 11 is 0. The molecule has 0 atom stereocenters. The second-order valence-electron chi connectivity index (χ2n) is 4.88. The summed E-state index contributed by atoms with van der Waals surface area (Å²) in [5.74, 6) is 0.325. The number of hydrogen-bond donors (Lipinski definition) is 0. The summed E-state index contributed by atoms with van der Waals surface area (Å²) in [6.45, 7) is 2.83. The maximum atomic E-state index is 14.1. The maximum Gasteiger partial charge on any atom is 0.144 e. The molecule has 0 N–H and O–H groups in total. The average molecular weight is 279 g/mol. The zero-order valence-electron chi connectivity index (χ0n) is 11.7. The van der Waals surface area contributed by atoms with E-state index in [-0.39, 0.29) is 5.82 Å². The summed E-state index contributed by atoms with van der Waals surface area (Å²) in [6.07, 6.45) is 0.924. The van der Waals surface area contributed by atoms with Crippen LogP contribution in [0.1, 0.15) is 18.9 Å². The molecule has 0 radical (unpaired) electrons. The first kappa shape index (κ1) is 13.3. The Bertz CT molecular complexity index is 843. The molecule has 0 aliphatic rings. The number of benzene rings is 2. The lowest BCUT2D eigenvalue weighted by molar-refractivity contribution is 0.625. The Kier molecular flexibility index (Phi) is 3.41. The minimum absolute atomic E-state index is 0.286. The van der Waals surface area contributed by atoms with E-state index in [1.165, 1.54) is 6.07 Å². The molecule has 0 unspecified atom stereocenters. The van der Waals surface area contributed by atoms with Gasteiger partial charge in [0.2, 0.25) is 0 Å². The first-order valence-corrected chi connectivity index (χ1v) is 6.90. The Labute approximate surface area is 122 Å². The van der Waals surface area contributed by atoms with Crippen molar-refractivity contribution in [1.82, 2.24) is 9.55 Å². The monoisotopic (exact) mass is 279 g/mol. The molecule has 3 nitrogen and oxygen atoms in total. The van der Waals surface area contributed by atoms with Crippen LogP contribution in [0.15, 0.2) is 42.5 Å². The Hall–Kier alpha value is -2.67. The van der Waals surface area contributed by atoms with Gasteiger partial charge < -0.3 is 4.57 Å². The normalized spacial score (nSPS) is 10.7. The number of aromatic nitrogens is 2. The van der Waals surface area contributed by atoms with Crippen LogP contribution < -0.4 is 0 Å². The molecular formula is C17H14FN3. The van der Waals surface area contributed by atoms with E-state index in [1.807, 2.05) is 10.6 Å². The number of hydrogen-bond acceptors (Lipinski definition) is 2. The van der Waals surface area contributed by atoms with E-state index in [0.717, 1.165) is 24.0 Å². The molecule has 104 valence electrons. The number of nitrogens with zero attached hydrogens (tertiary/aromatic N) is 3. The standard InChI is InChI=1S/C17H14FN3/c1-2-9-21-16-8-7-12(11-19)10-15(16)20-17(21)13-5-3-4-6-14(13)18/h3-8,10H,2,9H2,1H3. The molecule has 0 spiro atoms.